The lowest BCUT2D eigenvalue weighted by Gasteiger charge is -2.15. The van der Waals surface area contributed by atoms with Gasteiger partial charge in [-0.1, -0.05) is 24.6 Å². The SMILES string of the molecule is Cc1ccc(S(=O)(=O)Nc2nc3c(s2)CC(C)CC3)c(C)c1. The van der Waals surface area contributed by atoms with Gasteiger partial charge < -0.3 is 0 Å². The van der Waals surface area contributed by atoms with E-state index in [1.54, 1.807) is 6.07 Å². The minimum Gasteiger partial charge on any atom is -0.255 e. The Morgan fingerprint density at radius 1 is 1.32 bits per heavy atom. The van der Waals surface area contributed by atoms with E-state index in [-0.39, 0.29) is 0 Å². The van der Waals surface area contributed by atoms with Gasteiger partial charge in [-0.15, -0.1) is 11.3 Å². The molecule has 2 aromatic rings. The molecule has 0 saturated carbocycles. The van der Waals surface area contributed by atoms with Gasteiger partial charge in [0.25, 0.3) is 10.0 Å². The number of sulfonamides is 1. The van der Waals surface area contributed by atoms with E-state index in [9.17, 15) is 8.42 Å². The van der Waals surface area contributed by atoms with E-state index in [4.69, 9.17) is 0 Å². The van der Waals surface area contributed by atoms with E-state index in [2.05, 4.69) is 16.6 Å². The molecule has 1 heterocycles. The predicted octanol–water partition coefficient (Wildman–Crippen LogP) is 3.69. The molecule has 1 aromatic heterocycles. The highest BCUT2D eigenvalue weighted by molar-refractivity contribution is 7.93. The topological polar surface area (TPSA) is 59.1 Å². The first kappa shape index (κ1) is 15.5. The van der Waals surface area contributed by atoms with Gasteiger partial charge in [0.05, 0.1) is 10.6 Å². The van der Waals surface area contributed by atoms with Gasteiger partial charge in [-0.2, -0.15) is 0 Å². The molecule has 0 fully saturated rings. The van der Waals surface area contributed by atoms with Crippen molar-refractivity contribution in [3.05, 3.63) is 39.9 Å². The second kappa shape index (κ2) is 5.66. The first-order valence-electron chi connectivity index (χ1n) is 7.44. The second-order valence-electron chi connectivity index (χ2n) is 6.11. The summed E-state index contributed by atoms with van der Waals surface area (Å²) in [6, 6.07) is 5.35. The molecule has 0 saturated heterocycles. The van der Waals surface area contributed by atoms with Crippen molar-refractivity contribution in [2.75, 3.05) is 4.72 Å². The number of thiazole rings is 1. The minimum absolute atomic E-state index is 0.319. The number of rotatable bonds is 3. The molecular formula is C16H20N2O2S2. The summed E-state index contributed by atoms with van der Waals surface area (Å²) in [6.45, 7) is 5.99. The van der Waals surface area contributed by atoms with Crippen LogP contribution in [-0.2, 0) is 22.9 Å². The molecule has 4 nitrogen and oxygen atoms in total. The van der Waals surface area contributed by atoms with Crippen molar-refractivity contribution in [2.45, 2.75) is 44.9 Å². The van der Waals surface area contributed by atoms with Crippen LogP contribution in [0.5, 0.6) is 0 Å². The molecule has 118 valence electrons. The molecule has 1 aliphatic carbocycles. The molecule has 1 N–H and O–H groups in total. The van der Waals surface area contributed by atoms with Crippen LogP contribution < -0.4 is 4.72 Å². The third-order valence-corrected chi connectivity index (χ3v) is 6.69. The molecule has 3 rings (SSSR count). The number of fused-ring (bicyclic) bond motifs is 1. The summed E-state index contributed by atoms with van der Waals surface area (Å²) in [4.78, 5) is 6.01. The standard InChI is InChI=1S/C16H20N2O2S2/c1-10-5-7-15(12(3)8-10)22(19,20)18-16-17-13-6-4-11(2)9-14(13)21-16/h5,7-8,11H,4,6,9H2,1-3H3,(H,17,18). The fourth-order valence-corrected chi connectivity index (χ4v) is 5.49. The summed E-state index contributed by atoms with van der Waals surface area (Å²) in [6.07, 6.45) is 3.07. The average Bonchev–Trinajstić information content (AvgIpc) is 2.78. The van der Waals surface area contributed by atoms with Gasteiger partial charge in [-0.3, -0.25) is 4.72 Å². The fraction of sp³-hybridized carbons (Fsp3) is 0.438. The van der Waals surface area contributed by atoms with Gasteiger partial charge in [0, 0.05) is 4.88 Å². The normalized spacial score (nSPS) is 18.0. The Morgan fingerprint density at radius 2 is 2.09 bits per heavy atom. The average molecular weight is 336 g/mol. The molecule has 1 aliphatic rings. The van der Waals surface area contributed by atoms with Crippen LogP contribution in [-0.4, -0.2) is 13.4 Å². The van der Waals surface area contributed by atoms with Crippen molar-refractivity contribution in [2.24, 2.45) is 5.92 Å². The zero-order valence-corrected chi connectivity index (χ0v) is 14.6. The molecule has 22 heavy (non-hydrogen) atoms. The lowest BCUT2D eigenvalue weighted by Crippen LogP contribution is -2.14. The first-order chi connectivity index (χ1) is 10.3. The predicted molar refractivity (Wildman–Crippen MR) is 90.0 cm³/mol. The summed E-state index contributed by atoms with van der Waals surface area (Å²) in [5, 5.41) is 0.485. The van der Waals surface area contributed by atoms with Crippen LogP contribution in [0, 0.1) is 19.8 Å². The highest BCUT2D eigenvalue weighted by atomic mass is 32.2. The van der Waals surface area contributed by atoms with E-state index >= 15 is 0 Å². The van der Waals surface area contributed by atoms with E-state index < -0.39 is 10.0 Å². The number of nitrogens with one attached hydrogen (secondary N) is 1. The quantitative estimate of drug-likeness (QED) is 0.930. The van der Waals surface area contributed by atoms with Crippen molar-refractivity contribution in [3.8, 4) is 0 Å². The number of aromatic nitrogens is 1. The fourth-order valence-electron chi connectivity index (χ4n) is 2.85. The van der Waals surface area contributed by atoms with Crippen LogP contribution in [0.15, 0.2) is 23.1 Å². The summed E-state index contributed by atoms with van der Waals surface area (Å²) < 4.78 is 27.8. The molecule has 1 aromatic carbocycles. The zero-order valence-electron chi connectivity index (χ0n) is 13.0. The minimum atomic E-state index is -3.58. The molecule has 0 aliphatic heterocycles. The van der Waals surface area contributed by atoms with E-state index in [0.717, 1.165) is 36.1 Å². The van der Waals surface area contributed by atoms with Crippen molar-refractivity contribution < 1.29 is 8.42 Å². The van der Waals surface area contributed by atoms with E-state index in [1.807, 2.05) is 26.0 Å². The number of aryl methyl sites for hydroxylation is 3. The molecule has 1 unspecified atom stereocenters. The van der Waals surface area contributed by atoms with Crippen LogP contribution >= 0.6 is 11.3 Å². The van der Waals surface area contributed by atoms with Crippen molar-refractivity contribution in [3.63, 3.8) is 0 Å². The Labute approximate surface area is 135 Å². The van der Waals surface area contributed by atoms with E-state index in [0.29, 0.717) is 15.9 Å². The number of nitrogens with zero attached hydrogens (tertiary/aromatic N) is 1. The third kappa shape index (κ3) is 3.03. The summed E-state index contributed by atoms with van der Waals surface area (Å²) in [5.41, 5.74) is 2.86. The van der Waals surface area contributed by atoms with Crippen LogP contribution in [0.4, 0.5) is 5.13 Å². The van der Waals surface area contributed by atoms with Gasteiger partial charge in [0.1, 0.15) is 0 Å². The Hall–Kier alpha value is -1.40. The Bertz CT molecular complexity index is 810. The van der Waals surface area contributed by atoms with Gasteiger partial charge in [-0.05, 0) is 50.7 Å². The van der Waals surface area contributed by atoms with Crippen LogP contribution in [0.1, 0.15) is 35.0 Å². The van der Waals surface area contributed by atoms with Gasteiger partial charge in [0.2, 0.25) is 0 Å². The maximum atomic E-state index is 12.6. The smallest absolute Gasteiger partial charge is 0.255 e. The van der Waals surface area contributed by atoms with Crippen LogP contribution in [0.2, 0.25) is 0 Å². The molecular weight excluding hydrogens is 316 g/mol. The molecule has 6 heteroatoms. The number of benzene rings is 1. The molecule has 0 bridgehead atoms. The monoisotopic (exact) mass is 336 g/mol. The third-order valence-electron chi connectivity index (χ3n) is 4.03. The van der Waals surface area contributed by atoms with Crippen molar-refractivity contribution in [1.82, 2.24) is 4.98 Å². The lowest BCUT2D eigenvalue weighted by molar-refractivity contribution is 0.502. The molecule has 0 amide bonds. The van der Waals surface area contributed by atoms with Gasteiger partial charge >= 0.3 is 0 Å². The Kier molecular flexibility index (Phi) is 3.99. The maximum Gasteiger partial charge on any atom is 0.263 e. The Balaban J connectivity index is 1.89. The van der Waals surface area contributed by atoms with Crippen LogP contribution in [0.25, 0.3) is 0 Å². The van der Waals surface area contributed by atoms with Crippen LogP contribution in [0.3, 0.4) is 0 Å². The van der Waals surface area contributed by atoms with Gasteiger partial charge in [-0.25, -0.2) is 13.4 Å². The second-order valence-corrected chi connectivity index (χ2v) is 8.85. The number of anilines is 1. The number of hydrogen-bond acceptors (Lipinski definition) is 4. The zero-order chi connectivity index (χ0) is 15.9. The van der Waals surface area contributed by atoms with Gasteiger partial charge in [0.15, 0.2) is 5.13 Å². The van der Waals surface area contributed by atoms with Crippen molar-refractivity contribution >= 4 is 26.5 Å². The largest absolute Gasteiger partial charge is 0.263 e. The van der Waals surface area contributed by atoms with E-state index in [1.165, 1.54) is 16.2 Å². The summed E-state index contributed by atoms with van der Waals surface area (Å²) >= 11 is 1.47. The van der Waals surface area contributed by atoms with Crippen molar-refractivity contribution in [1.29, 1.82) is 0 Å². The number of hydrogen-bond donors (Lipinski definition) is 1. The summed E-state index contributed by atoms with van der Waals surface area (Å²) in [7, 11) is -3.58. The molecule has 0 radical (unpaired) electrons. The first-order valence-corrected chi connectivity index (χ1v) is 9.74. The highest BCUT2D eigenvalue weighted by Crippen LogP contribution is 2.33. The Morgan fingerprint density at radius 3 is 2.82 bits per heavy atom. The molecule has 1 atom stereocenters. The maximum absolute atomic E-state index is 12.6. The summed E-state index contributed by atoms with van der Waals surface area (Å²) in [5.74, 6) is 0.650. The molecule has 0 spiro atoms. The lowest BCUT2D eigenvalue weighted by atomic mass is 9.93. The highest BCUT2D eigenvalue weighted by Gasteiger charge is 2.23.